The van der Waals surface area contributed by atoms with Gasteiger partial charge in [0.2, 0.25) is 0 Å². The van der Waals surface area contributed by atoms with Crippen LogP contribution < -0.4 is 5.32 Å². The van der Waals surface area contributed by atoms with E-state index in [9.17, 15) is 4.79 Å². The molecule has 3 heteroatoms. The summed E-state index contributed by atoms with van der Waals surface area (Å²) in [5.74, 6) is -0.466. The van der Waals surface area contributed by atoms with E-state index in [4.69, 9.17) is 5.11 Å². The van der Waals surface area contributed by atoms with Crippen LogP contribution in [0.25, 0.3) is 0 Å². The summed E-state index contributed by atoms with van der Waals surface area (Å²) in [4.78, 5) is 11.0. The van der Waals surface area contributed by atoms with Crippen molar-refractivity contribution in [1.29, 1.82) is 0 Å². The van der Waals surface area contributed by atoms with Crippen LogP contribution in [-0.2, 0) is 11.2 Å². The Morgan fingerprint density at radius 2 is 1.79 bits per heavy atom. The van der Waals surface area contributed by atoms with E-state index in [0.29, 0.717) is 5.92 Å². The molecule has 1 aromatic rings. The second-order valence-corrected chi connectivity index (χ2v) is 5.44. The molecule has 0 aliphatic carbocycles. The van der Waals surface area contributed by atoms with Gasteiger partial charge in [-0.05, 0) is 30.4 Å². The van der Waals surface area contributed by atoms with Gasteiger partial charge in [-0.1, -0.05) is 51.5 Å². The third kappa shape index (κ3) is 4.67. The zero-order valence-corrected chi connectivity index (χ0v) is 12.3. The minimum Gasteiger partial charge on any atom is -0.480 e. The van der Waals surface area contributed by atoms with Gasteiger partial charge in [-0.2, -0.15) is 0 Å². The number of hydrogen-bond acceptors (Lipinski definition) is 2. The number of carboxylic acid groups (broad SMARTS) is 1. The van der Waals surface area contributed by atoms with E-state index in [0.717, 1.165) is 18.4 Å². The number of aliphatic carboxylic acids is 1. The third-order valence-corrected chi connectivity index (χ3v) is 3.34. The van der Waals surface area contributed by atoms with Crippen LogP contribution in [0, 0.1) is 5.92 Å². The van der Waals surface area contributed by atoms with Gasteiger partial charge in [0.25, 0.3) is 0 Å². The van der Waals surface area contributed by atoms with Crippen LogP contribution in [0.15, 0.2) is 24.3 Å². The Hall–Kier alpha value is -1.35. The highest BCUT2D eigenvalue weighted by atomic mass is 16.4. The molecule has 0 radical (unpaired) electrons. The quantitative estimate of drug-likeness (QED) is 0.792. The Morgan fingerprint density at radius 1 is 1.21 bits per heavy atom. The van der Waals surface area contributed by atoms with Gasteiger partial charge in [0.15, 0.2) is 0 Å². The average molecular weight is 263 g/mol. The third-order valence-electron chi connectivity index (χ3n) is 3.34. The van der Waals surface area contributed by atoms with Crippen molar-refractivity contribution in [2.24, 2.45) is 5.92 Å². The molecule has 0 aliphatic heterocycles. The van der Waals surface area contributed by atoms with Crippen molar-refractivity contribution in [3.05, 3.63) is 35.4 Å². The van der Waals surface area contributed by atoms with Crippen LogP contribution in [0.2, 0.25) is 0 Å². The Bertz CT molecular complexity index is 398. The molecule has 1 aromatic carbocycles. The second-order valence-electron chi connectivity index (χ2n) is 5.44. The molecular weight excluding hydrogens is 238 g/mol. The fourth-order valence-electron chi connectivity index (χ4n) is 2.19. The fourth-order valence-corrected chi connectivity index (χ4v) is 2.19. The first-order chi connectivity index (χ1) is 8.95. The molecule has 3 nitrogen and oxygen atoms in total. The van der Waals surface area contributed by atoms with Crippen molar-refractivity contribution < 1.29 is 9.90 Å². The van der Waals surface area contributed by atoms with Gasteiger partial charge in [0.1, 0.15) is 6.04 Å². The second kappa shape index (κ2) is 7.29. The maximum Gasteiger partial charge on any atom is 0.320 e. The Kier molecular flexibility index (Phi) is 6.03. The first-order valence-corrected chi connectivity index (χ1v) is 7.03. The monoisotopic (exact) mass is 263 g/mol. The minimum atomic E-state index is -0.812. The van der Waals surface area contributed by atoms with Crippen molar-refractivity contribution in [1.82, 2.24) is 5.32 Å². The van der Waals surface area contributed by atoms with Gasteiger partial charge < -0.3 is 5.11 Å². The molecule has 2 unspecified atom stereocenters. The molecule has 0 aromatic heterocycles. The van der Waals surface area contributed by atoms with Crippen molar-refractivity contribution in [3.8, 4) is 0 Å². The topological polar surface area (TPSA) is 49.3 Å². The van der Waals surface area contributed by atoms with Gasteiger partial charge in [-0.3, -0.25) is 10.1 Å². The Labute approximate surface area is 116 Å². The zero-order chi connectivity index (χ0) is 14.4. The standard InChI is InChI=1S/C16H25NO2/c1-5-6-13-7-9-14(10-8-13)15(11(2)3)17-12(4)16(18)19/h7-12,15,17H,5-6H2,1-4H3,(H,18,19). The van der Waals surface area contributed by atoms with Gasteiger partial charge in [0.05, 0.1) is 0 Å². The minimum absolute atomic E-state index is 0.0711. The molecule has 106 valence electrons. The van der Waals surface area contributed by atoms with Gasteiger partial charge in [-0.25, -0.2) is 0 Å². The molecule has 1 rings (SSSR count). The van der Waals surface area contributed by atoms with Crippen LogP contribution in [0.4, 0.5) is 0 Å². The molecule has 0 saturated carbocycles. The molecule has 2 atom stereocenters. The maximum absolute atomic E-state index is 11.0. The number of benzene rings is 1. The smallest absolute Gasteiger partial charge is 0.320 e. The molecule has 19 heavy (non-hydrogen) atoms. The van der Waals surface area contributed by atoms with E-state index in [1.807, 2.05) is 0 Å². The fraction of sp³-hybridized carbons (Fsp3) is 0.562. The molecule has 0 heterocycles. The number of aryl methyl sites for hydroxylation is 1. The van der Waals surface area contributed by atoms with Gasteiger partial charge >= 0.3 is 5.97 Å². The number of carboxylic acids is 1. The van der Waals surface area contributed by atoms with Crippen molar-refractivity contribution in [2.45, 2.75) is 52.6 Å². The largest absolute Gasteiger partial charge is 0.480 e. The molecule has 0 saturated heterocycles. The predicted octanol–water partition coefficient (Wildman–Crippen LogP) is 3.40. The lowest BCUT2D eigenvalue weighted by atomic mass is 9.94. The molecule has 0 bridgehead atoms. The summed E-state index contributed by atoms with van der Waals surface area (Å²) in [5, 5.41) is 12.2. The van der Waals surface area contributed by atoms with E-state index < -0.39 is 12.0 Å². The number of rotatable bonds is 7. The summed E-state index contributed by atoms with van der Waals surface area (Å²) in [7, 11) is 0. The summed E-state index contributed by atoms with van der Waals surface area (Å²) >= 11 is 0. The summed E-state index contributed by atoms with van der Waals surface area (Å²) < 4.78 is 0. The highest BCUT2D eigenvalue weighted by Crippen LogP contribution is 2.23. The van der Waals surface area contributed by atoms with Crippen LogP contribution in [0.5, 0.6) is 0 Å². The predicted molar refractivity (Wildman–Crippen MR) is 78.2 cm³/mol. The van der Waals surface area contributed by atoms with Crippen molar-refractivity contribution in [3.63, 3.8) is 0 Å². The van der Waals surface area contributed by atoms with Crippen LogP contribution in [0.1, 0.15) is 51.3 Å². The molecule has 0 aliphatic rings. The Morgan fingerprint density at radius 3 is 2.21 bits per heavy atom. The summed E-state index contributed by atoms with van der Waals surface area (Å²) in [5.41, 5.74) is 2.49. The van der Waals surface area contributed by atoms with E-state index in [1.54, 1.807) is 6.92 Å². The Balaban J connectivity index is 2.84. The van der Waals surface area contributed by atoms with E-state index in [-0.39, 0.29) is 6.04 Å². The van der Waals surface area contributed by atoms with Gasteiger partial charge in [0, 0.05) is 6.04 Å². The first-order valence-electron chi connectivity index (χ1n) is 7.03. The van der Waals surface area contributed by atoms with E-state index >= 15 is 0 Å². The van der Waals surface area contributed by atoms with Gasteiger partial charge in [-0.15, -0.1) is 0 Å². The van der Waals surface area contributed by atoms with Crippen LogP contribution in [0.3, 0.4) is 0 Å². The average Bonchev–Trinajstić information content (AvgIpc) is 2.36. The normalized spacial score (nSPS) is 14.4. The summed E-state index contributed by atoms with van der Waals surface area (Å²) in [6.07, 6.45) is 2.23. The lowest BCUT2D eigenvalue weighted by molar-refractivity contribution is -0.139. The SMILES string of the molecule is CCCc1ccc(C(NC(C)C(=O)O)C(C)C)cc1. The highest BCUT2D eigenvalue weighted by molar-refractivity contribution is 5.72. The van der Waals surface area contributed by atoms with Crippen molar-refractivity contribution >= 4 is 5.97 Å². The molecular formula is C16H25NO2. The molecule has 0 amide bonds. The highest BCUT2D eigenvalue weighted by Gasteiger charge is 2.21. The maximum atomic E-state index is 11.0. The van der Waals surface area contributed by atoms with Crippen LogP contribution in [-0.4, -0.2) is 17.1 Å². The lowest BCUT2D eigenvalue weighted by Crippen LogP contribution is -2.38. The van der Waals surface area contributed by atoms with Crippen LogP contribution >= 0.6 is 0 Å². The molecule has 0 spiro atoms. The number of carbonyl (C=O) groups is 1. The molecule has 2 N–H and O–H groups in total. The molecule has 0 fully saturated rings. The number of hydrogen-bond donors (Lipinski definition) is 2. The lowest BCUT2D eigenvalue weighted by Gasteiger charge is -2.25. The van der Waals surface area contributed by atoms with E-state index in [1.165, 1.54) is 5.56 Å². The van der Waals surface area contributed by atoms with E-state index in [2.05, 4.69) is 50.4 Å². The van der Waals surface area contributed by atoms with Crippen molar-refractivity contribution in [2.75, 3.05) is 0 Å². The summed E-state index contributed by atoms with van der Waals surface area (Å²) in [6, 6.07) is 8.03. The number of nitrogens with one attached hydrogen (secondary N) is 1. The zero-order valence-electron chi connectivity index (χ0n) is 12.3. The first kappa shape index (κ1) is 15.7. The summed E-state index contributed by atoms with van der Waals surface area (Å²) in [6.45, 7) is 8.06.